The molecular weight excluding hydrogens is 292 g/mol. The quantitative estimate of drug-likeness (QED) is 0.929. The largest absolute Gasteiger partial charge is 0.355 e. The van der Waals surface area contributed by atoms with Crippen molar-refractivity contribution in [2.45, 2.75) is 33.6 Å². The minimum Gasteiger partial charge on any atom is -0.355 e. The molecule has 1 saturated heterocycles. The molecule has 0 bridgehead atoms. The van der Waals surface area contributed by atoms with Crippen LogP contribution >= 0.6 is 15.9 Å². The molecule has 0 atom stereocenters. The highest BCUT2D eigenvalue weighted by atomic mass is 79.9. The van der Waals surface area contributed by atoms with Crippen LogP contribution in [0, 0.1) is 5.41 Å². The van der Waals surface area contributed by atoms with Crippen LogP contribution in [0.5, 0.6) is 0 Å². The van der Waals surface area contributed by atoms with Crippen molar-refractivity contribution in [3.63, 3.8) is 0 Å². The van der Waals surface area contributed by atoms with E-state index >= 15 is 0 Å². The molecule has 1 fully saturated rings. The summed E-state index contributed by atoms with van der Waals surface area (Å²) in [5.41, 5.74) is 0.459. The molecule has 0 aromatic carbocycles. The Morgan fingerprint density at radius 1 is 1.39 bits per heavy atom. The van der Waals surface area contributed by atoms with Crippen LogP contribution in [-0.4, -0.2) is 29.6 Å². The molecule has 1 N–H and O–H groups in total. The van der Waals surface area contributed by atoms with E-state index < -0.39 is 0 Å². The van der Waals surface area contributed by atoms with E-state index in [1.807, 2.05) is 6.20 Å². The van der Waals surface area contributed by atoms with E-state index in [0.717, 1.165) is 29.9 Å². The standard InChI is InChI=1S/C13H21BrN4/c1-4-15-12-16-9-10(14)11(17-12)18-7-5-13(2,3)6-8-18/h9H,4-8H2,1-3H3,(H,15,16,17). The fourth-order valence-electron chi connectivity index (χ4n) is 2.15. The van der Waals surface area contributed by atoms with Gasteiger partial charge in [-0.25, -0.2) is 4.98 Å². The molecule has 0 radical (unpaired) electrons. The van der Waals surface area contributed by atoms with Crippen molar-refractivity contribution in [3.05, 3.63) is 10.7 Å². The van der Waals surface area contributed by atoms with Gasteiger partial charge >= 0.3 is 0 Å². The van der Waals surface area contributed by atoms with Crippen molar-refractivity contribution in [2.24, 2.45) is 5.41 Å². The number of rotatable bonds is 3. The van der Waals surface area contributed by atoms with Crippen LogP contribution in [0.1, 0.15) is 33.6 Å². The summed E-state index contributed by atoms with van der Waals surface area (Å²) in [5, 5.41) is 3.16. The summed E-state index contributed by atoms with van der Waals surface area (Å²) < 4.78 is 0.976. The summed E-state index contributed by atoms with van der Waals surface area (Å²) in [7, 11) is 0. The lowest BCUT2D eigenvalue weighted by Crippen LogP contribution is -2.38. The second kappa shape index (κ2) is 5.43. The van der Waals surface area contributed by atoms with Crippen molar-refractivity contribution in [1.29, 1.82) is 0 Å². The predicted molar refractivity (Wildman–Crippen MR) is 79.1 cm³/mol. The number of anilines is 2. The maximum atomic E-state index is 4.59. The Bertz CT molecular complexity index is 409. The van der Waals surface area contributed by atoms with Gasteiger partial charge in [0.05, 0.1) is 4.47 Å². The number of piperidine rings is 1. The lowest BCUT2D eigenvalue weighted by Gasteiger charge is -2.37. The van der Waals surface area contributed by atoms with Crippen molar-refractivity contribution in [3.8, 4) is 0 Å². The number of nitrogens with one attached hydrogen (secondary N) is 1. The molecule has 2 heterocycles. The van der Waals surface area contributed by atoms with Gasteiger partial charge in [-0.15, -0.1) is 0 Å². The summed E-state index contributed by atoms with van der Waals surface area (Å²) in [6.45, 7) is 9.69. The van der Waals surface area contributed by atoms with Crippen LogP contribution in [0.25, 0.3) is 0 Å². The Hall–Kier alpha value is -0.840. The SMILES string of the molecule is CCNc1ncc(Br)c(N2CCC(C)(C)CC2)n1. The Labute approximate surface area is 117 Å². The third kappa shape index (κ3) is 3.13. The zero-order valence-corrected chi connectivity index (χ0v) is 12.9. The average molecular weight is 313 g/mol. The van der Waals surface area contributed by atoms with Crippen LogP contribution in [-0.2, 0) is 0 Å². The second-order valence-electron chi connectivity index (χ2n) is 5.55. The van der Waals surface area contributed by atoms with Gasteiger partial charge in [0.15, 0.2) is 0 Å². The normalized spacial score (nSPS) is 18.8. The first-order valence-electron chi connectivity index (χ1n) is 6.53. The molecule has 0 amide bonds. The zero-order chi connectivity index (χ0) is 13.2. The van der Waals surface area contributed by atoms with Gasteiger partial charge in [0.1, 0.15) is 5.82 Å². The third-order valence-corrected chi connectivity index (χ3v) is 4.04. The van der Waals surface area contributed by atoms with Gasteiger partial charge < -0.3 is 10.2 Å². The van der Waals surface area contributed by atoms with Gasteiger partial charge in [0.25, 0.3) is 0 Å². The van der Waals surface area contributed by atoms with Gasteiger partial charge in [-0.1, -0.05) is 13.8 Å². The van der Waals surface area contributed by atoms with E-state index in [0.29, 0.717) is 11.4 Å². The Morgan fingerprint density at radius 2 is 2.06 bits per heavy atom. The van der Waals surface area contributed by atoms with Crippen molar-refractivity contribution in [1.82, 2.24) is 9.97 Å². The lowest BCUT2D eigenvalue weighted by atomic mass is 9.83. The van der Waals surface area contributed by atoms with Gasteiger partial charge in [-0.05, 0) is 41.1 Å². The minimum absolute atomic E-state index is 0.459. The van der Waals surface area contributed by atoms with E-state index in [2.05, 4.69) is 56.9 Å². The molecule has 1 aliphatic rings. The minimum atomic E-state index is 0.459. The summed E-state index contributed by atoms with van der Waals surface area (Å²) >= 11 is 3.55. The Morgan fingerprint density at radius 3 is 2.67 bits per heavy atom. The molecule has 100 valence electrons. The molecule has 0 aliphatic carbocycles. The van der Waals surface area contributed by atoms with Crippen molar-refractivity contribution < 1.29 is 0 Å². The smallest absolute Gasteiger partial charge is 0.224 e. The Kier molecular flexibility index (Phi) is 4.10. The molecule has 0 saturated carbocycles. The Balaban J connectivity index is 2.15. The van der Waals surface area contributed by atoms with E-state index in [9.17, 15) is 0 Å². The number of hydrogen-bond donors (Lipinski definition) is 1. The lowest BCUT2D eigenvalue weighted by molar-refractivity contribution is 0.279. The molecule has 4 nitrogen and oxygen atoms in total. The summed E-state index contributed by atoms with van der Waals surface area (Å²) in [6, 6.07) is 0. The van der Waals surface area contributed by atoms with Crippen LogP contribution in [0.4, 0.5) is 11.8 Å². The topological polar surface area (TPSA) is 41.1 Å². The van der Waals surface area contributed by atoms with E-state index in [1.165, 1.54) is 12.8 Å². The highest BCUT2D eigenvalue weighted by molar-refractivity contribution is 9.10. The average Bonchev–Trinajstić information content (AvgIpc) is 2.32. The zero-order valence-electron chi connectivity index (χ0n) is 11.3. The summed E-state index contributed by atoms with van der Waals surface area (Å²) in [4.78, 5) is 11.2. The fraction of sp³-hybridized carbons (Fsp3) is 0.692. The number of halogens is 1. The first kappa shape index (κ1) is 13.6. The molecule has 1 aromatic rings. The summed E-state index contributed by atoms with van der Waals surface area (Å²) in [5.74, 6) is 1.72. The monoisotopic (exact) mass is 312 g/mol. The van der Waals surface area contributed by atoms with Gasteiger partial charge in [-0.3, -0.25) is 0 Å². The molecule has 2 rings (SSSR count). The highest BCUT2D eigenvalue weighted by Gasteiger charge is 2.27. The van der Waals surface area contributed by atoms with Gasteiger partial charge in [-0.2, -0.15) is 4.98 Å². The fourth-order valence-corrected chi connectivity index (χ4v) is 2.59. The predicted octanol–water partition coefficient (Wildman–Crippen LogP) is 3.30. The van der Waals surface area contributed by atoms with E-state index in [4.69, 9.17) is 0 Å². The molecule has 1 aromatic heterocycles. The van der Waals surface area contributed by atoms with Crippen LogP contribution < -0.4 is 10.2 Å². The van der Waals surface area contributed by atoms with Gasteiger partial charge in [0, 0.05) is 25.8 Å². The first-order chi connectivity index (χ1) is 8.52. The maximum absolute atomic E-state index is 4.59. The molecule has 18 heavy (non-hydrogen) atoms. The van der Waals surface area contributed by atoms with Crippen LogP contribution in [0.2, 0.25) is 0 Å². The number of hydrogen-bond acceptors (Lipinski definition) is 4. The molecule has 1 aliphatic heterocycles. The van der Waals surface area contributed by atoms with Crippen molar-refractivity contribution in [2.75, 3.05) is 29.9 Å². The molecule has 5 heteroatoms. The number of aromatic nitrogens is 2. The first-order valence-corrected chi connectivity index (χ1v) is 7.32. The van der Waals surface area contributed by atoms with E-state index in [-0.39, 0.29) is 0 Å². The van der Waals surface area contributed by atoms with Crippen LogP contribution in [0.3, 0.4) is 0 Å². The second-order valence-corrected chi connectivity index (χ2v) is 6.40. The third-order valence-electron chi connectivity index (χ3n) is 3.48. The molecule has 0 spiro atoms. The molecule has 0 unspecified atom stereocenters. The maximum Gasteiger partial charge on any atom is 0.224 e. The van der Waals surface area contributed by atoms with E-state index in [1.54, 1.807) is 0 Å². The summed E-state index contributed by atoms with van der Waals surface area (Å²) in [6.07, 6.45) is 4.25. The van der Waals surface area contributed by atoms with Crippen LogP contribution in [0.15, 0.2) is 10.7 Å². The van der Waals surface area contributed by atoms with Gasteiger partial charge in [0.2, 0.25) is 5.95 Å². The van der Waals surface area contributed by atoms with Crippen molar-refractivity contribution >= 4 is 27.7 Å². The highest BCUT2D eigenvalue weighted by Crippen LogP contribution is 2.34. The molecular formula is C13H21BrN4. The number of nitrogens with zero attached hydrogens (tertiary/aromatic N) is 3.